The Morgan fingerprint density at radius 2 is 2.20 bits per heavy atom. The molecular weight excluding hydrogens is 252 g/mol. The highest BCUT2D eigenvalue weighted by atomic mass is 16.5. The molecule has 1 aliphatic carbocycles. The summed E-state index contributed by atoms with van der Waals surface area (Å²) >= 11 is 0. The number of hydrogen-bond acceptors (Lipinski definition) is 3. The van der Waals surface area contributed by atoms with Gasteiger partial charge in [-0.3, -0.25) is 4.79 Å². The minimum absolute atomic E-state index is 0.208. The zero-order valence-corrected chi connectivity index (χ0v) is 12.5. The minimum atomic E-state index is -0.663. The van der Waals surface area contributed by atoms with Crippen molar-refractivity contribution in [2.75, 3.05) is 12.4 Å². The maximum atomic E-state index is 12.1. The molecule has 20 heavy (non-hydrogen) atoms. The molecule has 0 saturated heterocycles. The number of amides is 1. The summed E-state index contributed by atoms with van der Waals surface area (Å²) in [6, 6.07) is 7.64. The van der Waals surface area contributed by atoms with E-state index in [1.807, 2.05) is 24.3 Å². The molecule has 1 amide bonds. The molecule has 3 N–H and O–H groups in total. The van der Waals surface area contributed by atoms with Gasteiger partial charge in [-0.15, -0.1) is 0 Å². The topological polar surface area (TPSA) is 64.3 Å². The Morgan fingerprint density at radius 3 is 2.85 bits per heavy atom. The molecule has 0 heterocycles. The number of nitrogens with one attached hydrogen (secondary N) is 1. The molecule has 3 atom stereocenters. The van der Waals surface area contributed by atoms with Crippen LogP contribution in [0.2, 0.25) is 0 Å². The third-order valence-electron chi connectivity index (χ3n) is 4.74. The summed E-state index contributed by atoms with van der Waals surface area (Å²) in [6.45, 7) is 4.30. The monoisotopic (exact) mass is 276 g/mol. The van der Waals surface area contributed by atoms with Crippen molar-refractivity contribution in [1.82, 2.24) is 0 Å². The van der Waals surface area contributed by atoms with Crippen molar-refractivity contribution in [3.8, 4) is 5.75 Å². The van der Waals surface area contributed by atoms with Gasteiger partial charge in [0.1, 0.15) is 11.3 Å². The van der Waals surface area contributed by atoms with Gasteiger partial charge in [-0.1, -0.05) is 32.8 Å². The van der Waals surface area contributed by atoms with Gasteiger partial charge in [0.05, 0.1) is 7.11 Å². The van der Waals surface area contributed by atoms with Crippen LogP contribution in [0.25, 0.3) is 0 Å². The zero-order valence-electron chi connectivity index (χ0n) is 12.5. The van der Waals surface area contributed by atoms with E-state index in [0.29, 0.717) is 5.92 Å². The van der Waals surface area contributed by atoms with Crippen LogP contribution in [0.3, 0.4) is 0 Å². The predicted octanol–water partition coefficient (Wildman–Crippen LogP) is 2.79. The van der Waals surface area contributed by atoms with Gasteiger partial charge in [-0.2, -0.15) is 0 Å². The van der Waals surface area contributed by atoms with Gasteiger partial charge in [0.25, 0.3) is 0 Å². The van der Waals surface area contributed by atoms with Crippen LogP contribution in [0.1, 0.15) is 33.1 Å². The lowest BCUT2D eigenvalue weighted by molar-refractivity contribution is -0.125. The maximum Gasteiger partial charge on any atom is 0.243 e. The highest BCUT2D eigenvalue weighted by molar-refractivity contribution is 5.88. The minimum Gasteiger partial charge on any atom is -0.497 e. The predicted molar refractivity (Wildman–Crippen MR) is 80.7 cm³/mol. The molecule has 0 aromatic heterocycles. The van der Waals surface area contributed by atoms with E-state index in [-0.39, 0.29) is 11.8 Å². The Hall–Kier alpha value is -1.71. The van der Waals surface area contributed by atoms with Crippen molar-refractivity contribution in [3.05, 3.63) is 24.3 Å². The van der Waals surface area contributed by atoms with Gasteiger partial charge in [-0.25, -0.2) is 0 Å². The zero-order chi connectivity index (χ0) is 14.8. The Bertz CT molecular complexity index is 489. The first kappa shape index (κ1) is 14.7. The molecule has 2 rings (SSSR count). The largest absolute Gasteiger partial charge is 0.497 e. The highest BCUT2D eigenvalue weighted by Crippen LogP contribution is 2.40. The second kappa shape index (κ2) is 5.73. The summed E-state index contributed by atoms with van der Waals surface area (Å²) in [4.78, 5) is 12.1. The molecule has 1 aliphatic rings. The van der Waals surface area contributed by atoms with E-state index in [4.69, 9.17) is 10.5 Å². The molecule has 1 fully saturated rings. The Balaban J connectivity index is 2.31. The lowest BCUT2D eigenvalue weighted by atomic mass is 9.67. The molecule has 4 heteroatoms. The summed E-state index contributed by atoms with van der Waals surface area (Å²) in [5.41, 5.74) is 5.96. The van der Waals surface area contributed by atoms with Crippen LogP contribution in [0.4, 0.5) is 5.69 Å². The highest BCUT2D eigenvalue weighted by Gasteiger charge is 2.46. The first-order valence-electron chi connectivity index (χ1n) is 7.22. The molecule has 3 unspecified atom stereocenters. The van der Waals surface area contributed by atoms with Gasteiger partial charge in [0.2, 0.25) is 5.91 Å². The average Bonchev–Trinajstić information content (AvgIpc) is 2.44. The number of ether oxygens (including phenoxy) is 1. The van der Waals surface area contributed by atoms with Crippen molar-refractivity contribution in [2.45, 2.75) is 38.6 Å². The standard InChI is InChI=1S/C16H24N2O2/c1-11-6-5-9-16(12(11)2,15(17)19)18-13-7-4-8-14(10-13)20-3/h4,7-8,10-12,18H,5-6,9H2,1-3H3,(H2,17,19). The number of nitrogens with two attached hydrogens (primary N) is 1. The molecule has 4 nitrogen and oxygen atoms in total. The molecule has 0 aliphatic heterocycles. The fraction of sp³-hybridized carbons (Fsp3) is 0.562. The first-order valence-corrected chi connectivity index (χ1v) is 7.22. The van der Waals surface area contributed by atoms with Crippen LogP contribution in [0.15, 0.2) is 24.3 Å². The second-order valence-electron chi connectivity index (χ2n) is 5.85. The van der Waals surface area contributed by atoms with E-state index in [1.54, 1.807) is 7.11 Å². The van der Waals surface area contributed by atoms with Gasteiger partial charge in [-0.05, 0) is 30.4 Å². The lowest BCUT2D eigenvalue weighted by Gasteiger charge is -2.44. The smallest absolute Gasteiger partial charge is 0.243 e. The summed E-state index contributed by atoms with van der Waals surface area (Å²) < 4.78 is 5.23. The van der Waals surface area contributed by atoms with E-state index < -0.39 is 5.54 Å². The van der Waals surface area contributed by atoms with Crippen molar-refractivity contribution >= 4 is 11.6 Å². The molecule has 1 aromatic rings. The van der Waals surface area contributed by atoms with Gasteiger partial charge >= 0.3 is 0 Å². The molecule has 1 saturated carbocycles. The number of carbonyl (C=O) groups is 1. The van der Waals surface area contributed by atoms with E-state index >= 15 is 0 Å². The van der Waals surface area contributed by atoms with Crippen molar-refractivity contribution in [3.63, 3.8) is 0 Å². The summed E-state index contributed by atoms with van der Waals surface area (Å²) in [6.07, 6.45) is 2.95. The van der Waals surface area contributed by atoms with E-state index in [1.165, 1.54) is 0 Å². The molecule has 0 radical (unpaired) electrons. The Kier molecular flexibility index (Phi) is 4.21. The molecule has 1 aromatic carbocycles. The van der Waals surface area contributed by atoms with E-state index in [0.717, 1.165) is 30.7 Å². The SMILES string of the molecule is COc1cccc(NC2(C(N)=O)CCCC(C)C2C)c1. The van der Waals surface area contributed by atoms with Crippen LogP contribution in [0.5, 0.6) is 5.75 Å². The number of benzene rings is 1. The summed E-state index contributed by atoms with van der Waals surface area (Å²) in [5.74, 6) is 1.19. The quantitative estimate of drug-likeness (QED) is 0.888. The van der Waals surface area contributed by atoms with Crippen molar-refractivity contribution in [2.24, 2.45) is 17.6 Å². The van der Waals surface area contributed by atoms with Crippen molar-refractivity contribution in [1.29, 1.82) is 0 Å². The van der Waals surface area contributed by atoms with Crippen LogP contribution < -0.4 is 15.8 Å². The van der Waals surface area contributed by atoms with Gasteiger partial charge in [0.15, 0.2) is 0 Å². The fourth-order valence-corrected chi connectivity index (χ4v) is 3.21. The number of methoxy groups -OCH3 is 1. The number of anilines is 1. The number of hydrogen-bond donors (Lipinski definition) is 2. The average molecular weight is 276 g/mol. The third-order valence-corrected chi connectivity index (χ3v) is 4.74. The van der Waals surface area contributed by atoms with Crippen LogP contribution in [-0.2, 0) is 4.79 Å². The molecule has 0 spiro atoms. The lowest BCUT2D eigenvalue weighted by Crippen LogP contribution is -2.58. The van der Waals surface area contributed by atoms with Gasteiger partial charge in [0, 0.05) is 11.8 Å². The number of carbonyl (C=O) groups excluding carboxylic acids is 1. The Morgan fingerprint density at radius 1 is 1.45 bits per heavy atom. The summed E-state index contributed by atoms with van der Waals surface area (Å²) in [5, 5.41) is 3.39. The van der Waals surface area contributed by atoms with Crippen LogP contribution >= 0.6 is 0 Å². The number of rotatable bonds is 4. The fourth-order valence-electron chi connectivity index (χ4n) is 3.21. The summed E-state index contributed by atoms with van der Waals surface area (Å²) in [7, 11) is 1.63. The van der Waals surface area contributed by atoms with Crippen LogP contribution in [-0.4, -0.2) is 18.6 Å². The molecule has 0 bridgehead atoms. The van der Waals surface area contributed by atoms with Crippen molar-refractivity contribution < 1.29 is 9.53 Å². The molecular formula is C16H24N2O2. The number of primary amides is 1. The van der Waals surface area contributed by atoms with Crippen LogP contribution in [0, 0.1) is 11.8 Å². The normalized spacial score (nSPS) is 29.8. The molecule has 110 valence electrons. The van der Waals surface area contributed by atoms with E-state index in [9.17, 15) is 4.79 Å². The third kappa shape index (κ3) is 2.60. The first-order chi connectivity index (χ1) is 9.49. The van der Waals surface area contributed by atoms with Gasteiger partial charge < -0.3 is 15.8 Å². The second-order valence-corrected chi connectivity index (χ2v) is 5.85. The Labute approximate surface area is 120 Å². The van der Waals surface area contributed by atoms with E-state index in [2.05, 4.69) is 19.2 Å². The maximum absolute atomic E-state index is 12.1.